The van der Waals surface area contributed by atoms with E-state index in [9.17, 15) is 4.79 Å². The molecule has 0 atom stereocenters. The standard InChI is InChI=1S/C16H20ClN3O/c1-4-7-18-10-14-16(21)8-12(3)20(19-14)15-9-13(17)6-5-11(15)2/h5-6,8-9,18H,4,7,10H2,1-3H3. The van der Waals surface area contributed by atoms with Crippen LogP contribution in [0.5, 0.6) is 0 Å². The number of rotatable bonds is 5. The lowest BCUT2D eigenvalue weighted by atomic mass is 10.2. The van der Waals surface area contributed by atoms with Crippen LogP contribution in [-0.2, 0) is 6.54 Å². The lowest BCUT2D eigenvalue weighted by Crippen LogP contribution is -2.25. The third-order valence-electron chi connectivity index (χ3n) is 3.30. The summed E-state index contributed by atoms with van der Waals surface area (Å²) in [5.74, 6) is 0. The van der Waals surface area contributed by atoms with Crippen molar-refractivity contribution in [3.8, 4) is 5.69 Å². The highest BCUT2D eigenvalue weighted by atomic mass is 35.5. The average Bonchev–Trinajstić information content (AvgIpc) is 2.44. The van der Waals surface area contributed by atoms with Crippen molar-refractivity contribution >= 4 is 11.6 Å². The van der Waals surface area contributed by atoms with Crippen molar-refractivity contribution in [1.82, 2.24) is 15.1 Å². The van der Waals surface area contributed by atoms with E-state index in [-0.39, 0.29) is 5.43 Å². The summed E-state index contributed by atoms with van der Waals surface area (Å²) in [6.07, 6.45) is 1.02. The molecule has 0 spiro atoms. The molecule has 2 aromatic rings. The molecule has 21 heavy (non-hydrogen) atoms. The molecule has 0 fully saturated rings. The van der Waals surface area contributed by atoms with Crippen LogP contribution < -0.4 is 10.7 Å². The molecule has 1 aromatic heterocycles. The number of hydrogen-bond donors (Lipinski definition) is 1. The van der Waals surface area contributed by atoms with E-state index in [1.807, 2.05) is 32.0 Å². The van der Waals surface area contributed by atoms with Gasteiger partial charge in [0.05, 0.1) is 5.69 Å². The summed E-state index contributed by atoms with van der Waals surface area (Å²) in [6.45, 7) is 7.30. The Kier molecular flexibility index (Phi) is 5.15. The van der Waals surface area contributed by atoms with Gasteiger partial charge in [-0.15, -0.1) is 0 Å². The molecule has 0 saturated carbocycles. The van der Waals surface area contributed by atoms with Crippen molar-refractivity contribution in [3.63, 3.8) is 0 Å². The van der Waals surface area contributed by atoms with Crippen LogP contribution in [0.4, 0.5) is 0 Å². The van der Waals surface area contributed by atoms with Crippen molar-refractivity contribution in [2.24, 2.45) is 0 Å². The Morgan fingerprint density at radius 2 is 2.05 bits per heavy atom. The minimum Gasteiger partial charge on any atom is -0.311 e. The average molecular weight is 306 g/mol. The molecule has 0 aliphatic heterocycles. The zero-order chi connectivity index (χ0) is 15.4. The highest BCUT2D eigenvalue weighted by molar-refractivity contribution is 6.30. The Morgan fingerprint density at radius 1 is 1.29 bits per heavy atom. The monoisotopic (exact) mass is 305 g/mol. The fraction of sp³-hybridized carbons (Fsp3) is 0.375. The molecule has 0 aliphatic carbocycles. The van der Waals surface area contributed by atoms with E-state index < -0.39 is 0 Å². The van der Waals surface area contributed by atoms with Gasteiger partial charge in [-0.3, -0.25) is 4.79 Å². The summed E-state index contributed by atoms with van der Waals surface area (Å²) >= 11 is 6.08. The van der Waals surface area contributed by atoms with Crippen LogP contribution in [0, 0.1) is 13.8 Å². The van der Waals surface area contributed by atoms with E-state index in [0.29, 0.717) is 17.3 Å². The smallest absolute Gasteiger partial charge is 0.204 e. The van der Waals surface area contributed by atoms with Gasteiger partial charge >= 0.3 is 0 Å². The quantitative estimate of drug-likeness (QED) is 0.864. The molecular weight excluding hydrogens is 286 g/mol. The molecule has 2 rings (SSSR count). The summed E-state index contributed by atoms with van der Waals surface area (Å²) in [5, 5.41) is 8.37. The van der Waals surface area contributed by atoms with Crippen LogP contribution in [0.15, 0.2) is 29.1 Å². The molecule has 1 heterocycles. The predicted octanol–water partition coefficient (Wildman–Crippen LogP) is 3.00. The van der Waals surface area contributed by atoms with Crippen molar-refractivity contribution in [1.29, 1.82) is 0 Å². The van der Waals surface area contributed by atoms with E-state index in [2.05, 4.69) is 17.3 Å². The lowest BCUT2D eigenvalue weighted by Gasteiger charge is -2.14. The van der Waals surface area contributed by atoms with E-state index >= 15 is 0 Å². The molecule has 0 aliphatic rings. The van der Waals surface area contributed by atoms with Gasteiger partial charge in [0.1, 0.15) is 5.69 Å². The van der Waals surface area contributed by atoms with Gasteiger partial charge in [-0.05, 0) is 44.5 Å². The maximum absolute atomic E-state index is 12.0. The maximum Gasteiger partial charge on any atom is 0.204 e. The van der Waals surface area contributed by atoms with Crippen LogP contribution in [-0.4, -0.2) is 16.3 Å². The first kappa shape index (κ1) is 15.7. The lowest BCUT2D eigenvalue weighted by molar-refractivity contribution is 0.636. The fourth-order valence-corrected chi connectivity index (χ4v) is 2.31. The first-order valence-corrected chi connectivity index (χ1v) is 7.48. The highest BCUT2D eigenvalue weighted by Crippen LogP contribution is 2.19. The van der Waals surface area contributed by atoms with Gasteiger partial charge in [-0.25, -0.2) is 4.68 Å². The van der Waals surface area contributed by atoms with Crippen LogP contribution in [0.25, 0.3) is 5.69 Å². The number of nitrogens with one attached hydrogen (secondary N) is 1. The predicted molar refractivity (Wildman–Crippen MR) is 86.3 cm³/mol. The molecule has 0 radical (unpaired) electrons. The van der Waals surface area contributed by atoms with Gasteiger partial charge in [0, 0.05) is 23.3 Å². The number of hydrogen-bond acceptors (Lipinski definition) is 3. The van der Waals surface area contributed by atoms with Crippen LogP contribution in [0.2, 0.25) is 5.02 Å². The first-order valence-electron chi connectivity index (χ1n) is 7.10. The Balaban J connectivity index is 2.46. The van der Waals surface area contributed by atoms with Crippen molar-refractivity contribution < 1.29 is 0 Å². The van der Waals surface area contributed by atoms with Crippen LogP contribution in [0.3, 0.4) is 0 Å². The second kappa shape index (κ2) is 6.87. The Morgan fingerprint density at radius 3 is 2.76 bits per heavy atom. The van der Waals surface area contributed by atoms with Gasteiger partial charge in [-0.2, -0.15) is 5.10 Å². The largest absolute Gasteiger partial charge is 0.311 e. The number of aryl methyl sites for hydroxylation is 2. The molecule has 112 valence electrons. The first-order chi connectivity index (χ1) is 10.0. The van der Waals surface area contributed by atoms with E-state index in [4.69, 9.17) is 11.6 Å². The molecule has 4 nitrogen and oxygen atoms in total. The Hall–Kier alpha value is -1.65. The fourth-order valence-electron chi connectivity index (χ4n) is 2.14. The molecule has 0 amide bonds. The summed E-state index contributed by atoms with van der Waals surface area (Å²) in [4.78, 5) is 12.0. The molecule has 1 N–H and O–H groups in total. The molecule has 1 aromatic carbocycles. The third kappa shape index (κ3) is 3.71. The van der Waals surface area contributed by atoms with Gasteiger partial charge in [0.25, 0.3) is 0 Å². The maximum atomic E-state index is 12.0. The molecule has 0 unspecified atom stereocenters. The minimum absolute atomic E-state index is 0.0352. The molecule has 0 saturated heterocycles. The zero-order valence-corrected chi connectivity index (χ0v) is 13.4. The van der Waals surface area contributed by atoms with Gasteiger partial charge in [-0.1, -0.05) is 24.6 Å². The van der Waals surface area contributed by atoms with Gasteiger partial charge < -0.3 is 5.32 Å². The normalized spacial score (nSPS) is 10.9. The summed E-state index contributed by atoms with van der Waals surface area (Å²) < 4.78 is 1.78. The van der Waals surface area contributed by atoms with E-state index in [1.165, 1.54) is 0 Å². The highest BCUT2D eigenvalue weighted by Gasteiger charge is 2.09. The van der Waals surface area contributed by atoms with Crippen LogP contribution >= 0.6 is 11.6 Å². The van der Waals surface area contributed by atoms with Crippen molar-refractivity contribution in [2.75, 3.05) is 6.54 Å². The zero-order valence-electron chi connectivity index (χ0n) is 12.6. The second-order valence-corrected chi connectivity index (χ2v) is 5.55. The Labute approximate surface area is 129 Å². The number of aromatic nitrogens is 2. The second-order valence-electron chi connectivity index (χ2n) is 5.12. The number of halogens is 1. The number of nitrogens with zero attached hydrogens (tertiary/aromatic N) is 2. The topological polar surface area (TPSA) is 46.9 Å². The number of benzene rings is 1. The van der Waals surface area contributed by atoms with E-state index in [0.717, 1.165) is 29.9 Å². The molecular formula is C16H20ClN3O. The third-order valence-corrected chi connectivity index (χ3v) is 3.53. The van der Waals surface area contributed by atoms with Crippen molar-refractivity contribution in [3.05, 3.63) is 56.5 Å². The van der Waals surface area contributed by atoms with Gasteiger partial charge in [0.15, 0.2) is 0 Å². The molecule has 5 heteroatoms. The Bertz CT molecular complexity index is 694. The van der Waals surface area contributed by atoms with Crippen LogP contribution in [0.1, 0.15) is 30.3 Å². The SMILES string of the molecule is CCCNCc1nn(-c2cc(Cl)ccc2C)c(C)cc1=O. The molecule has 0 bridgehead atoms. The summed E-state index contributed by atoms with van der Waals surface area (Å²) in [6, 6.07) is 7.29. The summed E-state index contributed by atoms with van der Waals surface area (Å²) in [5.41, 5.74) is 3.24. The minimum atomic E-state index is -0.0352. The van der Waals surface area contributed by atoms with Gasteiger partial charge in [0.2, 0.25) is 5.43 Å². The van der Waals surface area contributed by atoms with E-state index in [1.54, 1.807) is 10.7 Å². The summed E-state index contributed by atoms with van der Waals surface area (Å²) in [7, 11) is 0. The van der Waals surface area contributed by atoms with Crippen molar-refractivity contribution in [2.45, 2.75) is 33.7 Å².